The molecule has 0 aromatic heterocycles. The molecule has 0 saturated heterocycles. The highest BCUT2D eigenvalue weighted by atomic mass is 127. The first-order valence-corrected chi connectivity index (χ1v) is 7.09. The summed E-state index contributed by atoms with van der Waals surface area (Å²) in [6, 6.07) is 15.5. The van der Waals surface area contributed by atoms with E-state index in [9.17, 15) is 0 Å². The minimum Gasteiger partial charge on any atom is -0.192 e. The molecule has 0 bridgehead atoms. The molecule has 2 aromatic rings. The van der Waals surface area contributed by atoms with Gasteiger partial charge in [0.25, 0.3) is 0 Å². The number of rotatable bonds is 2. The molecule has 0 aliphatic heterocycles. The summed E-state index contributed by atoms with van der Waals surface area (Å²) in [5.74, 6) is 0. The average Bonchev–Trinajstić information content (AvgIpc) is 2.34. The van der Waals surface area contributed by atoms with Gasteiger partial charge in [-0.3, -0.25) is 0 Å². The minimum absolute atomic E-state index is 0.681. The van der Waals surface area contributed by atoms with E-state index in [0.717, 1.165) is 13.5 Å². The van der Waals surface area contributed by atoms with E-state index in [4.69, 9.17) is 16.9 Å². The molecule has 0 N–H and O–H groups in total. The number of hydrogen-bond donors (Lipinski definition) is 0. The van der Waals surface area contributed by atoms with Gasteiger partial charge in [0.2, 0.25) is 0 Å². The summed E-state index contributed by atoms with van der Waals surface area (Å²) < 4.78 is 1.13. The highest BCUT2D eigenvalue weighted by molar-refractivity contribution is 14.1. The Morgan fingerprint density at radius 3 is 2.41 bits per heavy atom. The Bertz CT molecular complexity index is 575. The highest BCUT2D eigenvalue weighted by Gasteiger charge is 2.03. The molecule has 0 saturated carbocycles. The first-order valence-electron chi connectivity index (χ1n) is 4.82. The van der Waals surface area contributed by atoms with Gasteiger partial charge in [-0.15, -0.1) is 0 Å². The quantitative estimate of drug-likeness (QED) is 0.696. The van der Waals surface area contributed by atoms with Crippen LogP contribution < -0.4 is 0 Å². The average molecular weight is 372 g/mol. The molecule has 0 heterocycles. The van der Waals surface area contributed by atoms with E-state index >= 15 is 0 Å². The molecule has 0 radical (unpaired) electrons. The van der Waals surface area contributed by atoms with Gasteiger partial charge in [-0.2, -0.15) is 5.26 Å². The second-order valence-electron chi connectivity index (χ2n) is 3.31. The third-order valence-corrected chi connectivity index (χ3v) is 4.68. The third-order valence-electron chi connectivity index (χ3n) is 2.11. The molecule has 0 aliphatic carbocycles. The van der Waals surface area contributed by atoms with Gasteiger partial charge in [0.05, 0.1) is 11.6 Å². The lowest BCUT2D eigenvalue weighted by Gasteiger charge is -2.04. The summed E-state index contributed by atoms with van der Waals surface area (Å²) in [7, 11) is 0. The topological polar surface area (TPSA) is 23.8 Å². The summed E-state index contributed by atoms with van der Waals surface area (Å²) in [6.07, 6.45) is 0. The Balaban J connectivity index is 2.23. The van der Waals surface area contributed by atoms with Crippen molar-refractivity contribution < 1.29 is 0 Å². The van der Waals surface area contributed by atoms with E-state index in [1.165, 1.54) is 4.90 Å². The van der Waals surface area contributed by atoms with Crippen molar-refractivity contribution in [1.82, 2.24) is 0 Å². The lowest BCUT2D eigenvalue weighted by atomic mass is 10.2. The molecule has 0 unspecified atom stereocenters. The van der Waals surface area contributed by atoms with Crippen LogP contribution in [0.5, 0.6) is 0 Å². The molecule has 1 nitrogen and oxygen atoms in total. The fraction of sp³-hybridized carbons (Fsp3) is 0. The van der Waals surface area contributed by atoms with Crippen LogP contribution in [0, 0.1) is 14.9 Å². The van der Waals surface area contributed by atoms with Crippen LogP contribution in [-0.2, 0) is 0 Å². The van der Waals surface area contributed by atoms with Crippen molar-refractivity contribution in [2.45, 2.75) is 9.79 Å². The van der Waals surface area contributed by atoms with Crippen molar-refractivity contribution in [2.24, 2.45) is 0 Å². The zero-order chi connectivity index (χ0) is 12.3. The fourth-order valence-corrected chi connectivity index (χ4v) is 3.30. The Hall–Kier alpha value is -0.700. The second kappa shape index (κ2) is 5.76. The second-order valence-corrected chi connectivity index (χ2v) is 6.03. The van der Waals surface area contributed by atoms with E-state index < -0.39 is 0 Å². The van der Waals surface area contributed by atoms with Crippen LogP contribution in [0.1, 0.15) is 5.56 Å². The SMILES string of the molecule is N#Cc1ccc(Sc2ccc(Cl)cc2I)cc1. The number of halogens is 2. The van der Waals surface area contributed by atoms with Crippen LogP contribution in [0.25, 0.3) is 0 Å². The predicted octanol–water partition coefficient (Wildman–Crippen LogP) is 4.97. The van der Waals surface area contributed by atoms with E-state index in [1.807, 2.05) is 42.5 Å². The summed E-state index contributed by atoms with van der Waals surface area (Å²) in [5, 5.41) is 9.47. The van der Waals surface area contributed by atoms with Crippen LogP contribution in [0.2, 0.25) is 5.02 Å². The third kappa shape index (κ3) is 3.38. The van der Waals surface area contributed by atoms with Crippen LogP contribution in [0.3, 0.4) is 0 Å². The standard InChI is InChI=1S/C13H7ClINS/c14-10-3-6-13(12(15)7-10)17-11-4-1-9(8-16)2-5-11/h1-7H. The Kier molecular flexibility index (Phi) is 4.32. The van der Waals surface area contributed by atoms with Gasteiger partial charge in [-0.1, -0.05) is 23.4 Å². The maximum absolute atomic E-state index is 8.72. The van der Waals surface area contributed by atoms with Gasteiger partial charge in [0, 0.05) is 18.4 Å². The van der Waals surface area contributed by atoms with Crippen molar-refractivity contribution in [3.63, 3.8) is 0 Å². The van der Waals surface area contributed by atoms with Crippen molar-refractivity contribution >= 4 is 46.0 Å². The maximum atomic E-state index is 8.72. The molecule has 2 aromatic carbocycles. The van der Waals surface area contributed by atoms with E-state index in [1.54, 1.807) is 11.8 Å². The molecular formula is C13H7ClINS. The molecule has 84 valence electrons. The van der Waals surface area contributed by atoms with E-state index in [-0.39, 0.29) is 0 Å². The Morgan fingerprint density at radius 2 is 1.82 bits per heavy atom. The van der Waals surface area contributed by atoms with Crippen molar-refractivity contribution in [3.8, 4) is 6.07 Å². The van der Waals surface area contributed by atoms with Crippen LogP contribution in [0.15, 0.2) is 52.3 Å². The van der Waals surface area contributed by atoms with E-state index in [2.05, 4.69) is 28.7 Å². The Labute approximate surface area is 123 Å². The maximum Gasteiger partial charge on any atom is 0.0991 e. The van der Waals surface area contributed by atoms with Crippen molar-refractivity contribution in [2.75, 3.05) is 0 Å². The fourth-order valence-electron chi connectivity index (χ4n) is 1.28. The molecule has 0 amide bonds. The van der Waals surface area contributed by atoms with Gasteiger partial charge in [-0.05, 0) is 65.1 Å². The number of nitriles is 1. The van der Waals surface area contributed by atoms with Crippen LogP contribution in [-0.4, -0.2) is 0 Å². The van der Waals surface area contributed by atoms with Crippen LogP contribution in [0.4, 0.5) is 0 Å². The largest absolute Gasteiger partial charge is 0.192 e. The monoisotopic (exact) mass is 371 g/mol. The number of hydrogen-bond acceptors (Lipinski definition) is 2. The summed E-state index contributed by atoms with van der Waals surface area (Å²) >= 11 is 9.85. The highest BCUT2D eigenvalue weighted by Crippen LogP contribution is 2.32. The lowest BCUT2D eigenvalue weighted by molar-refractivity contribution is 1.36. The van der Waals surface area contributed by atoms with Gasteiger partial charge in [0.15, 0.2) is 0 Å². The summed E-state index contributed by atoms with van der Waals surface area (Å²) in [4.78, 5) is 2.28. The first-order chi connectivity index (χ1) is 8.19. The molecule has 0 spiro atoms. The molecule has 0 atom stereocenters. The molecule has 0 fully saturated rings. The first kappa shape index (κ1) is 12.7. The number of nitrogens with zero attached hydrogens (tertiary/aromatic N) is 1. The molecule has 0 aliphatic rings. The predicted molar refractivity (Wildman–Crippen MR) is 79.4 cm³/mol. The molecule has 17 heavy (non-hydrogen) atoms. The van der Waals surface area contributed by atoms with Gasteiger partial charge in [-0.25, -0.2) is 0 Å². The lowest BCUT2D eigenvalue weighted by Crippen LogP contribution is -1.80. The Morgan fingerprint density at radius 1 is 1.12 bits per heavy atom. The number of benzene rings is 2. The van der Waals surface area contributed by atoms with Crippen molar-refractivity contribution in [1.29, 1.82) is 5.26 Å². The van der Waals surface area contributed by atoms with Crippen LogP contribution >= 0.6 is 46.0 Å². The van der Waals surface area contributed by atoms with Crippen molar-refractivity contribution in [3.05, 3.63) is 56.6 Å². The molecule has 4 heteroatoms. The van der Waals surface area contributed by atoms with Gasteiger partial charge >= 0.3 is 0 Å². The molecular weight excluding hydrogens is 365 g/mol. The summed E-state index contributed by atoms with van der Waals surface area (Å²) in [6.45, 7) is 0. The van der Waals surface area contributed by atoms with Gasteiger partial charge in [0.1, 0.15) is 0 Å². The van der Waals surface area contributed by atoms with E-state index in [0.29, 0.717) is 5.56 Å². The molecule has 2 rings (SSSR count). The zero-order valence-electron chi connectivity index (χ0n) is 8.65. The zero-order valence-corrected chi connectivity index (χ0v) is 12.4. The normalized spacial score (nSPS) is 9.94. The van der Waals surface area contributed by atoms with Gasteiger partial charge < -0.3 is 0 Å². The smallest absolute Gasteiger partial charge is 0.0991 e. The minimum atomic E-state index is 0.681. The summed E-state index contributed by atoms with van der Waals surface area (Å²) in [5.41, 5.74) is 0.681.